The first-order valence-corrected chi connectivity index (χ1v) is 10.4. The van der Waals surface area contributed by atoms with E-state index in [1.807, 2.05) is 48.5 Å². The van der Waals surface area contributed by atoms with Crippen LogP contribution in [0.1, 0.15) is 79.6 Å². The van der Waals surface area contributed by atoms with Crippen molar-refractivity contribution >= 4 is 11.6 Å². The molecule has 2 unspecified atom stereocenters. The minimum Gasteiger partial charge on any atom is -0.299 e. The largest absolute Gasteiger partial charge is 0.299 e. The normalized spacial score (nSPS) is 20.0. The quantitative estimate of drug-likeness (QED) is 0.580. The molecule has 0 aliphatic heterocycles. The molecular weight excluding hydrogens is 332 g/mol. The molecule has 2 aromatic rings. The molecule has 0 bridgehead atoms. The standard InChI is InChI=1S/C25H30O2/c26-24-18-12-4-2-1-3-11-17-22(24)23(20-13-7-5-8-14-20)19-25(27)21-15-9-6-10-16-21/h5-10,13-16,22-23H,1-4,11-12,17-19H2. The van der Waals surface area contributed by atoms with E-state index in [1.54, 1.807) is 0 Å². The second-order valence-electron chi connectivity index (χ2n) is 7.74. The number of carbonyl (C=O) groups is 2. The second-order valence-corrected chi connectivity index (χ2v) is 7.74. The topological polar surface area (TPSA) is 34.1 Å². The fourth-order valence-corrected chi connectivity index (χ4v) is 4.28. The van der Waals surface area contributed by atoms with Gasteiger partial charge < -0.3 is 0 Å². The predicted molar refractivity (Wildman–Crippen MR) is 110 cm³/mol. The van der Waals surface area contributed by atoms with Crippen molar-refractivity contribution in [2.45, 2.75) is 63.7 Å². The van der Waals surface area contributed by atoms with Crippen LogP contribution < -0.4 is 0 Å². The monoisotopic (exact) mass is 362 g/mol. The highest BCUT2D eigenvalue weighted by molar-refractivity contribution is 5.97. The van der Waals surface area contributed by atoms with Crippen molar-refractivity contribution < 1.29 is 9.59 Å². The molecule has 142 valence electrons. The molecule has 0 heterocycles. The van der Waals surface area contributed by atoms with Crippen LogP contribution in [-0.4, -0.2) is 11.6 Å². The maximum atomic E-state index is 13.1. The van der Waals surface area contributed by atoms with Crippen molar-refractivity contribution in [1.29, 1.82) is 0 Å². The lowest BCUT2D eigenvalue weighted by Crippen LogP contribution is -2.25. The first-order valence-electron chi connectivity index (χ1n) is 10.4. The fourth-order valence-electron chi connectivity index (χ4n) is 4.28. The van der Waals surface area contributed by atoms with Crippen LogP contribution in [0.3, 0.4) is 0 Å². The van der Waals surface area contributed by atoms with Crippen LogP contribution in [0.5, 0.6) is 0 Å². The van der Waals surface area contributed by atoms with E-state index < -0.39 is 0 Å². The summed E-state index contributed by atoms with van der Waals surface area (Å²) in [7, 11) is 0. The highest BCUT2D eigenvalue weighted by atomic mass is 16.1. The predicted octanol–water partition coefficient (Wildman–Crippen LogP) is 6.36. The number of hydrogen-bond donors (Lipinski definition) is 0. The first kappa shape index (κ1) is 19.5. The van der Waals surface area contributed by atoms with Gasteiger partial charge in [0.15, 0.2) is 5.78 Å². The summed E-state index contributed by atoms with van der Waals surface area (Å²) in [5.74, 6) is 0.421. The number of hydrogen-bond acceptors (Lipinski definition) is 2. The third kappa shape index (κ3) is 5.63. The Morgan fingerprint density at radius 2 is 1.41 bits per heavy atom. The summed E-state index contributed by atoms with van der Waals surface area (Å²) in [6.07, 6.45) is 8.89. The maximum absolute atomic E-state index is 13.1. The van der Waals surface area contributed by atoms with E-state index in [0.29, 0.717) is 18.6 Å². The van der Waals surface area contributed by atoms with Gasteiger partial charge in [0.2, 0.25) is 0 Å². The van der Waals surface area contributed by atoms with Gasteiger partial charge in [0.25, 0.3) is 0 Å². The van der Waals surface area contributed by atoms with Crippen LogP contribution in [-0.2, 0) is 4.79 Å². The van der Waals surface area contributed by atoms with E-state index in [9.17, 15) is 9.59 Å². The number of Topliss-reactive ketones (excluding diaryl/α,β-unsaturated/α-hetero) is 2. The molecule has 1 aliphatic rings. The summed E-state index contributed by atoms with van der Waals surface area (Å²) >= 11 is 0. The van der Waals surface area contributed by atoms with Crippen molar-refractivity contribution in [3.8, 4) is 0 Å². The van der Waals surface area contributed by atoms with Gasteiger partial charge in [-0.1, -0.05) is 92.8 Å². The Morgan fingerprint density at radius 1 is 0.815 bits per heavy atom. The molecule has 0 amide bonds. The minimum absolute atomic E-state index is 0.0224. The van der Waals surface area contributed by atoms with E-state index in [0.717, 1.165) is 36.8 Å². The van der Waals surface area contributed by atoms with Crippen molar-refractivity contribution in [3.63, 3.8) is 0 Å². The molecule has 0 N–H and O–H groups in total. The third-order valence-electron chi connectivity index (χ3n) is 5.82. The summed E-state index contributed by atoms with van der Waals surface area (Å²) in [5.41, 5.74) is 1.86. The van der Waals surface area contributed by atoms with Gasteiger partial charge in [-0.25, -0.2) is 0 Å². The van der Waals surface area contributed by atoms with Crippen molar-refractivity contribution in [1.82, 2.24) is 0 Å². The Labute approximate surface area is 163 Å². The van der Waals surface area contributed by atoms with Crippen molar-refractivity contribution in [2.24, 2.45) is 5.92 Å². The molecule has 0 radical (unpaired) electrons. The lowest BCUT2D eigenvalue weighted by atomic mass is 9.75. The summed E-state index contributed by atoms with van der Waals surface area (Å²) in [4.78, 5) is 26.0. The van der Waals surface area contributed by atoms with Gasteiger partial charge in [-0.3, -0.25) is 9.59 Å². The highest BCUT2D eigenvalue weighted by Gasteiger charge is 2.31. The molecule has 1 aliphatic carbocycles. The van der Waals surface area contributed by atoms with Gasteiger partial charge in [0.1, 0.15) is 5.78 Å². The number of benzene rings is 2. The molecule has 3 rings (SSSR count). The zero-order chi connectivity index (χ0) is 18.9. The SMILES string of the molecule is O=C(CC(c1ccccc1)C1CCCCCCCCC1=O)c1ccccc1. The summed E-state index contributed by atoms with van der Waals surface area (Å²) < 4.78 is 0. The molecule has 0 saturated heterocycles. The van der Waals surface area contributed by atoms with E-state index >= 15 is 0 Å². The van der Waals surface area contributed by atoms with Crippen molar-refractivity contribution in [3.05, 3.63) is 71.8 Å². The average molecular weight is 363 g/mol. The van der Waals surface area contributed by atoms with E-state index in [4.69, 9.17) is 0 Å². The molecule has 2 aromatic carbocycles. The molecular formula is C25H30O2. The molecule has 2 atom stereocenters. The lowest BCUT2D eigenvalue weighted by molar-refractivity contribution is -0.124. The molecule has 27 heavy (non-hydrogen) atoms. The zero-order valence-corrected chi connectivity index (χ0v) is 16.1. The van der Waals surface area contributed by atoms with Gasteiger partial charge in [0.05, 0.1) is 0 Å². The van der Waals surface area contributed by atoms with E-state index in [1.165, 1.54) is 19.3 Å². The third-order valence-corrected chi connectivity index (χ3v) is 5.82. The van der Waals surface area contributed by atoms with Crippen LogP contribution in [0.15, 0.2) is 60.7 Å². The maximum Gasteiger partial charge on any atom is 0.163 e. The zero-order valence-electron chi connectivity index (χ0n) is 16.1. The highest BCUT2D eigenvalue weighted by Crippen LogP contribution is 2.35. The van der Waals surface area contributed by atoms with Gasteiger partial charge in [-0.15, -0.1) is 0 Å². The Hall–Kier alpha value is -2.22. The van der Waals surface area contributed by atoms with Crippen LogP contribution in [0, 0.1) is 5.92 Å². The molecule has 1 fully saturated rings. The van der Waals surface area contributed by atoms with Gasteiger partial charge in [0, 0.05) is 30.2 Å². The molecule has 2 nitrogen and oxygen atoms in total. The van der Waals surface area contributed by atoms with Crippen molar-refractivity contribution in [2.75, 3.05) is 0 Å². The summed E-state index contributed by atoms with van der Waals surface area (Å²) in [6, 6.07) is 19.7. The Balaban J connectivity index is 1.85. The Bertz CT molecular complexity index is 721. The van der Waals surface area contributed by atoms with Crippen LogP contribution in [0.25, 0.3) is 0 Å². The average Bonchev–Trinajstić information content (AvgIpc) is 2.72. The first-order chi connectivity index (χ1) is 13.3. The van der Waals surface area contributed by atoms with Crippen LogP contribution in [0.4, 0.5) is 0 Å². The number of ketones is 2. The van der Waals surface area contributed by atoms with Crippen LogP contribution >= 0.6 is 0 Å². The summed E-state index contributed by atoms with van der Waals surface area (Å²) in [5, 5.41) is 0. The smallest absolute Gasteiger partial charge is 0.163 e. The van der Waals surface area contributed by atoms with Gasteiger partial charge >= 0.3 is 0 Å². The molecule has 0 spiro atoms. The van der Waals surface area contributed by atoms with Crippen LogP contribution in [0.2, 0.25) is 0 Å². The molecule has 1 saturated carbocycles. The molecule has 2 heteroatoms. The van der Waals surface area contributed by atoms with E-state index in [-0.39, 0.29) is 17.6 Å². The minimum atomic E-state index is -0.0434. The fraction of sp³-hybridized carbons (Fsp3) is 0.440. The Morgan fingerprint density at radius 3 is 2.11 bits per heavy atom. The number of rotatable bonds is 5. The Kier molecular flexibility index (Phi) is 7.38. The second kappa shape index (κ2) is 10.2. The summed E-state index contributed by atoms with van der Waals surface area (Å²) in [6.45, 7) is 0. The van der Waals surface area contributed by atoms with E-state index in [2.05, 4.69) is 12.1 Å². The lowest BCUT2D eigenvalue weighted by Gasteiger charge is -2.27. The number of carbonyl (C=O) groups excluding carboxylic acids is 2. The van der Waals surface area contributed by atoms with Gasteiger partial charge in [-0.05, 0) is 18.4 Å². The molecule has 0 aromatic heterocycles. The van der Waals surface area contributed by atoms with Gasteiger partial charge in [-0.2, -0.15) is 0 Å².